The molecular weight excluding hydrogens is 236 g/mol. The van der Waals surface area contributed by atoms with Gasteiger partial charge in [-0.15, -0.1) is 0 Å². The number of carbonyl (C=O) groups is 1. The molecule has 110 valence electrons. The van der Waals surface area contributed by atoms with Gasteiger partial charge in [0.15, 0.2) is 0 Å². The van der Waals surface area contributed by atoms with Crippen molar-refractivity contribution in [1.29, 1.82) is 0 Å². The van der Waals surface area contributed by atoms with Gasteiger partial charge in [-0.25, -0.2) is 0 Å². The zero-order chi connectivity index (χ0) is 13.7. The predicted molar refractivity (Wildman–Crippen MR) is 79.1 cm³/mol. The summed E-state index contributed by atoms with van der Waals surface area (Å²) in [6.45, 7) is 6.27. The zero-order valence-electron chi connectivity index (χ0n) is 12.7. The van der Waals surface area contributed by atoms with Crippen molar-refractivity contribution in [1.82, 2.24) is 9.80 Å². The molecule has 2 aliphatic heterocycles. The van der Waals surface area contributed by atoms with E-state index < -0.39 is 0 Å². The Hall–Kier alpha value is -0.570. The van der Waals surface area contributed by atoms with Gasteiger partial charge >= 0.3 is 0 Å². The lowest BCUT2D eigenvalue weighted by atomic mass is 9.87. The van der Waals surface area contributed by atoms with Gasteiger partial charge in [0.05, 0.1) is 0 Å². The lowest BCUT2D eigenvalue weighted by Crippen LogP contribution is -2.37. The molecule has 3 nitrogen and oxygen atoms in total. The summed E-state index contributed by atoms with van der Waals surface area (Å²) >= 11 is 0. The van der Waals surface area contributed by atoms with E-state index in [0.29, 0.717) is 0 Å². The summed E-state index contributed by atoms with van der Waals surface area (Å²) in [5, 5.41) is 0. The molecule has 19 heavy (non-hydrogen) atoms. The van der Waals surface area contributed by atoms with Crippen LogP contribution >= 0.6 is 0 Å². The van der Waals surface area contributed by atoms with Crippen LogP contribution < -0.4 is 0 Å². The van der Waals surface area contributed by atoms with Crippen molar-refractivity contribution in [2.24, 2.45) is 11.8 Å². The Morgan fingerprint density at radius 3 is 1.89 bits per heavy atom. The molecule has 2 aliphatic rings. The van der Waals surface area contributed by atoms with E-state index in [9.17, 15) is 4.79 Å². The number of piperidine rings is 2. The van der Waals surface area contributed by atoms with Crippen molar-refractivity contribution in [3.63, 3.8) is 0 Å². The third kappa shape index (κ3) is 4.79. The number of amides is 1. The zero-order valence-corrected chi connectivity index (χ0v) is 12.7. The van der Waals surface area contributed by atoms with Crippen molar-refractivity contribution < 1.29 is 4.79 Å². The third-order valence-corrected chi connectivity index (χ3v) is 5.12. The first-order chi connectivity index (χ1) is 9.15. The van der Waals surface area contributed by atoms with Crippen LogP contribution in [0.3, 0.4) is 0 Å². The maximum absolute atomic E-state index is 11.3. The van der Waals surface area contributed by atoms with Crippen LogP contribution in [-0.4, -0.2) is 48.9 Å². The molecule has 0 radical (unpaired) electrons. The number of carbonyl (C=O) groups excluding carboxylic acids is 1. The van der Waals surface area contributed by atoms with E-state index in [2.05, 4.69) is 11.9 Å². The molecule has 0 saturated carbocycles. The summed E-state index contributed by atoms with van der Waals surface area (Å²) in [7, 11) is 2.24. The van der Waals surface area contributed by atoms with E-state index in [1.807, 2.05) is 4.90 Å². The highest BCUT2D eigenvalue weighted by Gasteiger charge is 2.21. The van der Waals surface area contributed by atoms with Gasteiger partial charge in [0, 0.05) is 20.0 Å². The van der Waals surface area contributed by atoms with Crippen LogP contribution in [0.25, 0.3) is 0 Å². The Balaban J connectivity index is 1.56. The molecule has 0 aromatic carbocycles. The van der Waals surface area contributed by atoms with Gasteiger partial charge in [-0.1, -0.05) is 19.3 Å². The lowest BCUT2D eigenvalue weighted by Gasteiger charge is -2.32. The summed E-state index contributed by atoms with van der Waals surface area (Å²) in [5.41, 5.74) is 0. The predicted octanol–water partition coefficient (Wildman–Crippen LogP) is 2.76. The highest BCUT2D eigenvalue weighted by atomic mass is 16.2. The van der Waals surface area contributed by atoms with Gasteiger partial charge in [0.25, 0.3) is 0 Å². The Labute approximate surface area is 118 Å². The van der Waals surface area contributed by atoms with Gasteiger partial charge in [-0.05, 0) is 57.7 Å². The fourth-order valence-electron chi connectivity index (χ4n) is 3.58. The number of nitrogens with zero attached hydrogens (tertiary/aromatic N) is 2. The van der Waals surface area contributed by atoms with Crippen LogP contribution in [-0.2, 0) is 4.79 Å². The SMILES string of the molecule is CC(=O)N1CCC(CCCC2CCN(C)CC2)CC1. The molecule has 0 unspecified atom stereocenters. The summed E-state index contributed by atoms with van der Waals surface area (Å²) in [6, 6.07) is 0. The minimum absolute atomic E-state index is 0.254. The van der Waals surface area contributed by atoms with Crippen molar-refractivity contribution in [2.45, 2.75) is 51.9 Å². The first-order valence-electron chi connectivity index (χ1n) is 8.09. The smallest absolute Gasteiger partial charge is 0.219 e. The molecule has 3 heteroatoms. The molecule has 0 aliphatic carbocycles. The van der Waals surface area contributed by atoms with E-state index in [1.54, 1.807) is 6.92 Å². The first kappa shape index (κ1) is 14.8. The molecule has 0 atom stereocenters. The largest absolute Gasteiger partial charge is 0.343 e. The molecule has 0 N–H and O–H groups in total. The monoisotopic (exact) mass is 266 g/mol. The average Bonchev–Trinajstić information content (AvgIpc) is 2.41. The fraction of sp³-hybridized carbons (Fsp3) is 0.938. The van der Waals surface area contributed by atoms with Crippen LogP contribution in [0.15, 0.2) is 0 Å². The second-order valence-corrected chi connectivity index (χ2v) is 6.63. The molecule has 2 heterocycles. The van der Waals surface area contributed by atoms with Gasteiger partial charge in [0.1, 0.15) is 0 Å². The standard InChI is InChI=1S/C16H30N2O/c1-14(19)18-12-8-16(9-13-18)5-3-4-15-6-10-17(2)11-7-15/h15-16H,3-13H2,1-2H3. The molecule has 1 amide bonds. The number of likely N-dealkylation sites (tertiary alicyclic amines) is 2. The fourth-order valence-corrected chi connectivity index (χ4v) is 3.58. The van der Waals surface area contributed by atoms with Crippen LogP contribution in [0.5, 0.6) is 0 Å². The Morgan fingerprint density at radius 2 is 1.42 bits per heavy atom. The summed E-state index contributed by atoms with van der Waals surface area (Å²) in [4.78, 5) is 15.7. The van der Waals surface area contributed by atoms with Crippen LogP contribution in [0.4, 0.5) is 0 Å². The average molecular weight is 266 g/mol. The first-order valence-corrected chi connectivity index (χ1v) is 8.09. The maximum atomic E-state index is 11.3. The molecule has 0 bridgehead atoms. The van der Waals surface area contributed by atoms with Gasteiger partial charge in [0.2, 0.25) is 5.91 Å². The summed E-state index contributed by atoms with van der Waals surface area (Å²) in [5.74, 6) is 2.11. The third-order valence-electron chi connectivity index (χ3n) is 5.12. The Kier molecular flexibility index (Phi) is 5.68. The second kappa shape index (κ2) is 7.28. The van der Waals surface area contributed by atoms with Crippen LogP contribution in [0.1, 0.15) is 51.9 Å². The van der Waals surface area contributed by atoms with Crippen molar-refractivity contribution in [3.8, 4) is 0 Å². The van der Waals surface area contributed by atoms with Crippen molar-refractivity contribution >= 4 is 5.91 Å². The molecule has 2 rings (SSSR count). The molecule has 0 aromatic heterocycles. The molecule has 0 spiro atoms. The summed E-state index contributed by atoms with van der Waals surface area (Å²) in [6.07, 6.45) is 9.48. The van der Waals surface area contributed by atoms with Crippen LogP contribution in [0, 0.1) is 11.8 Å². The molecular formula is C16H30N2O. The Morgan fingerprint density at radius 1 is 0.947 bits per heavy atom. The number of hydrogen-bond donors (Lipinski definition) is 0. The molecule has 2 fully saturated rings. The van der Waals surface area contributed by atoms with E-state index in [-0.39, 0.29) is 5.91 Å². The van der Waals surface area contributed by atoms with Crippen molar-refractivity contribution in [3.05, 3.63) is 0 Å². The number of hydrogen-bond acceptors (Lipinski definition) is 2. The summed E-state index contributed by atoms with van der Waals surface area (Å²) < 4.78 is 0. The van der Waals surface area contributed by atoms with E-state index in [1.165, 1.54) is 58.0 Å². The number of rotatable bonds is 4. The minimum atomic E-state index is 0.254. The lowest BCUT2D eigenvalue weighted by molar-refractivity contribution is -0.130. The quantitative estimate of drug-likeness (QED) is 0.781. The maximum Gasteiger partial charge on any atom is 0.219 e. The van der Waals surface area contributed by atoms with Crippen LogP contribution in [0.2, 0.25) is 0 Å². The molecule has 2 saturated heterocycles. The Bertz CT molecular complexity index is 276. The minimum Gasteiger partial charge on any atom is -0.343 e. The topological polar surface area (TPSA) is 23.6 Å². The highest BCUT2D eigenvalue weighted by Crippen LogP contribution is 2.26. The van der Waals surface area contributed by atoms with Gasteiger partial charge in [-0.3, -0.25) is 4.79 Å². The second-order valence-electron chi connectivity index (χ2n) is 6.63. The molecule has 0 aromatic rings. The van der Waals surface area contributed by atoms with E-state index in [4.69, 9.17) is 0 Å². The van der Waals surface area contributed by atoms with Crippen molar-refractivity contribution in [2.75, 3.05) is 33.2 Å². The highest BCUT2D eigenvalue weighted by molar-refractivity contribution is 5.73. The van der Waals surface area contributed by atoms with E-state index >= 15 is 0 Å². The van der Waals surface area contributed by atoms with Gasteiger partial charge in [-0.2, -0.15) is 0 Å². The van der Waals surface area contributed by atoms with E-state index in [0.717, 1.165) is 24.9 Å². The van der Waals surface area contributed by atoms with Gasteiger partial charge < -0.3 is 9.80 Å². The normalized spacial score (nSPS) is 23.8.